The number of rotatable bonds is 5. The quantitative estimate of drug-likeness (QED) is 0.866. The number of ether oxygens (including phenoxy) is 1. The Balaban J connectivity index is 2.07. The smallest absolute Gasteiger partial charge is 0.320 e. The van der Waals surface area contributed by atoms with Gasteiger partial charge in [-0.1, -0.05) is 19.1 Å². The van der Waals surface area contributed by atoms with Gasteiger partial charge in [0.05, 0.1) is 6.61 Å². The minimum Gasteiger partial charge on any atom is -0.493 e. The highest BCUT2D eigenvalue weighted by Gasteiger charge is 2.21. The van der Waals surface area contributed by atoms with E-state index in [1.54, 1.807) is 0 Å². The van der Waals surface area contributed by atoms with Crippen LogP contribution in [0.3, 0.4) is 0 Å². The molecule has 18 heavy (non-hydrogen) atoms. The highest BCUT2D eigenvalue weighted by atomic mass is 16.5. The molecule has 4 nitrogen and oxygen atoms in total. The van der Waals surface area contributed by atoms with Crippen molar-refractivity contribution in [2.75, 3.05) is 13.7 Å². The molecule has 0 radical (unpaired) electrons. The van der Waals surface area contributed by atoms with E-state index in [2.05, 4.69) is 6.07 Å². The van der Waals surface area contributed by atoms with E-state index in [1.165, 1.54) is 5.56 Å². The monoisotopic (exact) mass is 249 g/mol. The summed E-state index contributed by atoms with van der Waals surface area (Å²) in [5.41, 5.74) is 2.37. The molecule has 1 unspecified atom stereocenters. The third-order valence-corrected chi connectivity index (χ3v) is 3.39. The summed E-state index contributed by atoms with van der Waals surface area (Å²) in [6.45, 7) is 3.30. The Morgan fingerprint density at radius 1 is 1.56 bits per heavy atom. The number of nitrogens with zero attached hydrogens (tertiary/aromatic N) is 1. The molecule has 1 N–H and O–H groups in total. The number of benzene rings is 1. The van der Waals surface area contributed by atoms with Crippen molar-refractivity contribution in [2.45, 2.75) is 32.4 Å². The third-order valence-electron chi connectivity index (χ3n) is 3.39. The summed E-state index contributed by atoms with van der Waals surface area (Å²) in [5, 5.41) is 9.11. The summed E-state index contributed by atoms with van der Waals surface area (Å²) >= 11 is 0. The minimum absolute atomic E-state index is 0.422. The van der Waals surface area contributed by atoms with E-state index < -0.39 is 12.0 Å². The molecule has 0 amide bonds. The molecule has 0 saturated heterocycles. The van der Waals surface area contributed by atoms with Crippen LogP contribution in [0, 0.1) is 0 Å². The van der Waals surface area contributed by atoms with Gasteiger partial charge in [-0.05, 0) is 30.7 Å². The molecule has 98 valence electrons. The van der Waals surface area contributed by atoms with Crippen molar-refractivity contribution in [1.29, 1.82) is 0 Å². The van der Waals surface area contributed by atoms with Gasteiger partial charge in [-0.3, -0.25) is 9.69 Å². The molecule has 0 bridgehead atoms. The summed E-state index contributed by atoms with van der Waals surface area (Å²) in [7, 11) is 1.85. The van der Waals surface area contributed by atoms with E-state index >= 15 is 0 Å². The molecule has 1 aliphatic rings. The number of hydrogen-bond donors (Lipinski definition) is 1. The van der Waals surface area contributed by atoms with Crippen LogP contribution < -0.4 is 4.74 Å². The molecular formula is C14H19NO3. The van der Waals surface area contributed by atoms with E-state index in [0.717, 1.165) is 24.3 Å². The number of hydrogen-bond acceptors (Lipinski definition) is 3. The molecule has 1 heterocycles. The second kappa shape index (κ2) is 5.40. The highest BCUT2D eigenvalue weighted by molar-refractivity contribution is 5.73. The fourth-order valence-corrected chi connectivity index (χ4v) is 2.41. The van der Waals surface area contributed by atoms with Crippen LogP contribution in [0.5, 0.6) is 5.75 Å². The molecule has 1 atom stereocenters. The van der Waals surface area contributed by atoms with Crippen molar-refractivity contribution in [3.05, 3.63) is 29.3 Å². The van der Waals surface area contributed by atoms with Gasteiger partial charge in [0.2, 0.25) is 0 Å². The van der Waals surface area contributed by atoms with Crippen molar-refractivity contribution in [2.24, 2.45) is 0 Å². The minimum atomic E-state index is -0.760. The molecule has 1 aliphatic heterocycles. The Morgan fingerprint density at radius 3 is 3.00 bits per heavy atom. The van der Waals surface area contributed by atoms with Crippen LogP contribution >= 0.6 is 0 Å². The van der Waals surface area contributed by atoms with Crippen molar-refractivity contribution < 1.29 is 14.6 Å². The average Bonchev–Trinajstić information content (AvgIpc) is 2.76. The van der Waals surface area contributed by atoms with Crippen LogP contribution in [0.4, 0.5) is 0 Å². The average molecular weight is 249 g/mol. The van der Waals surface area contributed by atoms with Gasteiger partial charge in [0.25, 0.3) is 0 Å². The first kappa shape index (κ1) is 12.9. The second-order valence-electron chi connectivity index (χ2n) is 4.72. The third kappa shape index (κ3) is 2.64. The Kier molecular flexibility index (Phi) is 3.87. The van der Waals surface area contributed by atoms with Crippen LogP contribution in [0.25, 0.3) is 0 Å². The lowest BCUT2D eigenvalue weighted by Crippen LogP contribution is -2.37. The first-order chi connectivity index (χ1) is 8.61. The Morgan fingerprint density at radius 2 is 2.33 bits per heavy atom. The first-order valence-corrected chi connectivity index (χ1v) is 6.29. The number of carbonyl (C=O) groups is 1. The number of fused-ring (bicyclic) bond motifs is 1. The Labute approximate surface area is 107 Å². The number of aliphatic carboxylic acids is 1. The highest BCUT2D eigenvalue weighted by Crippen LogP contribution is 2.26. The zero-order valence-corrected chi connectivity index (χ0v) is 10.8. The van der Waals surface area contributed by atoms with E-state index in [-0.39, 0.29) is 0 Å². The van der Waals surface area contributed by atoms with Crippen molar-refractivity contribution in [1.82, 2.24) is 4.90 Å². The fourth-order valence-electron chi connectivity index (χ4n) is 2.41. The van der Waals surface area contributed by atoms with Crippen molar-refractivity contribution in [3.8, 4) is 5.75 Å². The van der Waals surface area contributed by atoms with Gasteiger partial charge >= 0.3 is 5.97 Å². The maximum atomic E-state index is 11.1. The molecule has 0 aliphatic carbocycles. The normalized spacial score (nSPS) is 15.3. The maximum Gasteiger partial charge on any atom is 0.320 e. The Bertz CT molecular complexity index is 445. The van der Waals surface area contributed by atoms with Gasteiger partial charge in [0.15, 0.2) is 0 Å². The van der Waals surface area contributed by atoms with Gasteiger partial charge in [0.1, 0.15) is 11.8 Å². The van der Waals surface area contributed by atoms with Crippen LogP contribution in [0.2, 0.25) is 0 Å². The van der Waals surface area contributed by atoms with E-state index in [0.29, 0.717) is 13.0 Å². The van der Waals surface area contributed by atoms with Gasteiger partial charge in [-0.25, -0.2) is 0 Å². The molecule has 0 spiro atoms. The molecule has 0 saturated carbocycles. The summed E-state index contributed by atoms with van der Waals surface area (Å²) in [6.07, 6.45) is 1.56. The summed E-state index contributed by atoms with van der Waals surface area (Å²) in [6, 6.07) is 5.69. The summed E-state index contributed by atoms with van der Waals surface area (Å²) in [4.78, 5) is 13.0. The maximum absolute atomic E-state index is 11.1. The number of carboxylic acids is 1. The summed E-state index contributed by atoms with van der Waals surface area (Å²) < 4.78 is 5.46. The standard InChI is InChI=1S/C14H19NO3/c1-3-12(14(16)17)15(2)9-10-4-5-13-11(8-10)6-7-18-13/h4-5,8,12H,3,6-7,9H2,1-2H3,(H,16,17). The molecule has 1 aromatic rings. The largest absolute Gasteiger partial charge is 0.493 e. The van der Waals surface area contributed by atoms with Crippen LogP contribution in [0.1, 0.15) is 24.5 Å². The van der Waals surface area contributed by atoms with Crippen LogP contribution in [-0.2, 0) is 17.8 Å². The summed E-state index contributed by atoms with van der Waals surface area (Å²) in [5.74, 6) is 0.205. The van der Waals surface area contributed by atoms with Gasteiger partial charge in [-0.2, -0.15) is 0 Å². The van der Waals surface area contributed by atoms with Gasteiger partial charge < -0.3 is 9.84 Å². The zero-order chi connectivity index (χ0) is 13.1. The predicted octanol–water partition coefficient (Wildman–Crippen LogP) is 1.92. The van der Waals surface area contributed by atoms with Gasteiger partial charge in [-0.15, -0.1) is 0 Å². The first-order valence-electron chi connectivity index (χ1n) is 6.29. The molecule has 4 heteroatoms. The SMILES string of the molecule is CCC(C(=O)O)N(C)Cc1ccc2c(c1)CCO2. The van der Waals surface area contributed by atoms with E-state index in [9.17, 15) is 4.79 Å². The number of carboxylic acid groups (broad SMARTS) is 1. The zero-order valence-electron chi connectivity index (χ0n) is 10.8. The van der Waals surface area contributed by atoms with Crippen LogP contribution in [0.15, 0.2) is 18.2 Å². The van der Waals surface area contributed by atoms with Gasteiger partial charge in [0, 0.05) is 13.0 Å². The lowest BCUT2D eigenvalue weighted by molar-refractivity contribution is -0.143. The fraction of sp³-hybridized carbons (Fsp3) is 0.500. The Hall–Kier alpha value is -1.55. The molecular weight excluding hydrogens is 230 g/mol. The second-order valence-corrected chi connectivity index (χ2v) is 4.72. The van der Waals surface area contributed by atoms with Crippen molar-refractivity contribution in [3.63, 3.8) is 0 Å². The molecule has 0 fully saturated rings. The molecule has 2 rings (SSSR count). The lowest BCUT2D eigenvalue weighted by atomic mass is 10.1. The molecule has 0 aromatic heterocycles. The van der Waals surface area contributed by atoms with E-state index in [1.807, 2.05) is 31.0 Å². The lowest BCUT2D eigenvalue weighted by Gasteiger charge is -2.23. The number of likely N-dealkylation sites (N-methyl/N-ethyl adjacent to an activating group) is 1. The van der Waals surface area contributed by atoms with Crippen molar-refractivity contribution >= 4 is 5.97 Å². The topological polar surface area (TPSA) is 49.8 Å². The molecule has 1 aromatic carbocycles. The van der Waals surface area contributed by atoms with E-state index in [4.69, 9.17) is 9.84 Å². The van der Waals surface area contributed by atoms with Crippen LogP contribution in [-0.4, -0.2) is 35.7 Å². The predicted molar refractivity (Wildman–Crippen MR) is 68.8 cm³/mol.